The van der Waals surface area contributed by atoms with E-state index in [4.69, 9.17) is 11.6 Å². The van der Waals surface area contributed by atoms with Gasteiger partial charge in [-0.05, 0) is 43.3 Å². The molecule has 2 aromatic carbocycles. The van der Waals surface area contributed by atoms with Gasteiger partial charge in [0.2, 0.25) is 0 Å². The molecule has 2 aromatic rings. The predicted octanol–water partition coefficient (Wildman–Crippen LogP) is 3.93. The van der Waals surface area contributed by atoms with Crippen LogP contribution in [0.4, 0.5) is 0 Å². The van der Waals surface area contributed by atoms with Crippen LogP contribution in [0.15, 0.2) is 53.5 Å². The Morgan fingerprint density at radius 1 is 1.04 bits per heavy atom. The molecule has 6 heteroatoms. The fraction of sp³-hybridized carbons (Fsp3) is 0.350. The lowest BCUT2D eigenvalue weighted by Gasteiger charge is -2.14. The number of benzene rings is 2. The topological polar surface area (TPSA) is 39.7 Å². The Morgan fingerprint density at radius 3 is 2.46 bits per heavy atom. The lowest BCUT2D eigenvalue weighted by atomic mass is 10.1. The molecule has 0 spiro atoms. The molecule has 0 amide bonds. The van der Waals surface area contributed by atoms with Crippen molar-refractivity contribution in [2.24, 2.45) is 4.99 Å². The zero-order valence-corrected chi connectivity index (χ0v) is 18.7. The monoisotopic (exact) mass is 486 g/mol. The van der Waals surface area contributed by atoms with Gasteiger partial charge in [0.05, 0.1) is 0 Å². The highest BCUT2D eigenvalue weighted by atomic mass is 127. The van der Waals surface area contributed by atoms with Crippen molar-refractivity contribution in [1.82, 2.24) is 15.5 Å². The van der Waals surface area contributed by atoms with E-state index in [1.807, 2.05) is 18.2 Å². The second-order valence-corrected chi connectivity index (χ2v) is 6.66. The summed E-state index contributed by atoms with van der Waals surface area (Å²) >= 11 is 6.19. The smallest absolute Gasteiger partial charge is 0.191 e. The van der Waals surface area contributed by atoms with Gasteiger partial charge in [0.25, 0.3) is 0 Å². The summed E-state index contributed by atoms with van der Waals surface area (Å²) in [4.78, 5) is 6.45. The van der Waals surface area contributed by atoms with Gasteiger partial charge in [-0.1, -0.05) is 54.1 Å². The van der Waals surface area contributed by atoms with Crippen LogP contribution in [0.2, 0.25) is 5.02 Å². The van der Waals surface area contributed by atoms with Crippen molar-refractivity contribution in [1.29, 1.82) is 0 Å². The molecule has 2 rings (SSSR count). The van der Waals surface area contributed by atoms with Crippen LogP contribution in [0.1, 0.15) is 16.7 Å². The number of aliphatic imine (C=N–C) groups is 1. The molecule has 4 nitrogen and oxygen atoms in total. The van der Waals surface area contributed by atoms with Crippen molar-refractivity contribution in [3.63, 3.8) is 0 Å². The van der Waals surface area contributed by atoms with Crippen LogP contribution in [-0.4, -0.2) is 38.5 Å². The quantitative estimate of drug-likeness (QED) is 0.354. The van der Waals surface area contributed by atoms with E-state index in [-0.39, 0.29) is 24.0 Å². The van der Waals surface area contributed by atoms with E-state index in [2.05, 4.69) is 65.0 Å². The van der Waals surface area contributed by atoms with E-state index in [1.54, 1.807) is 7.05 Å². The molecule has 26 heavy (non-hydrogen) atoms. The predicted molar refractivity (Wildman–Crippen MR) is 123 cm³/mol. The van der Waals surface area contributed by atoms with Crippen molar-refractivity contribution in [3.8, 4) is 0 Å². The highest BCUT2D eigenvalue weighted by molar-refractivity contribution is 14.0. The van der Waals surface area contributed by atoms with Gasteiger partial charge in [-0.15, -0.1) is 24.0 Å². The third kappa shape index (κ3) is 7.93. The van der Waals surface area contributed by atoms with E-state index in [9.17, 15) is 0 Å². The molecule has 0 saturated heterocycles. The molecule has 0 aliphatic rings. The number of halogens is 2. The van der Waals surface area contributed by atoms with Gasteiger partial charge < -0.3 is 15.5 Å². The van der Waals surface area contributed by atoms with Crippen LogP contribution >= 0.6 is 35.6 Å². The summed E-state index contributed by atoms with van der Waals surface area (Å²) in [5.74, 6) is 0.796. The van der Waals surface area contributed by atoms with Crippen LogP contribution in [0.25, 0.3) is 0 Å². The SMILES string of the molecule is CN=C(NCCc1ccccc1Cl)NCc1cccc(CN(C)C)c1.I. The third-order valence-electron chi connectivity index (χ3n) is 3.82. The van der Waals surface area contributed by atoms with E-state index in [0.29, 0.717) is 0 Å². The first-order chi connectivity index (χ1) is 12.1. The molecular formula is C20H28ClIN4. The summed E-state index contributed by atoms with van der Waals surface area (Å²) < 4.78 is 0. The first kappa shape index (κ1) is 22.7. The lowest BCUT2D eigenvalue weighted by molar-refractivity contribution is 0.402. The van der Waals surface area contributed by atoms with Gasteiger partial charge >= 0.3 is 0 Å². The fourth-order valence-corrected chi connectivity index (χ4v) is 2.86. The van der Waals surface area contributed by atoms with E-state index in [0.717, 1.165) is 42.6 Å². The molecule has 0 atom stereocenters. The van der Waals surface area contributed by atoms with Crippen molar-refractivity contribution in [2.45, 2.75) is 19.5 Å². The Hall–Kier alpha value is -1.31. The third-order valence-corrected chi connectivity index (χ3v) is 4.19. The average Bonchev–Trinajstić information content (AvgIpc) is 2.59. The molecule has 0 saturated carbocycles. The van der Waals surface area contributed by atoms with Gasteiger partial charge in [0, 0.05) is 31.7 Å². The number of nitrogens with one attached hydrogen (secondary N) is 2. The molecule has 0 aliphatic carbocycles. The first-order valence-corrected chi connectivity index (χ1v) is 8.86. The zero-order valence-electron chi connectivity index (χ0n) is 15.6. The molecule has 0 bridgehead atoms. The molecule has 0 fully saturated rings. The van der Waals surface area contributed by atoms with Crippen molar-refractivity contribution >= 4 is 41.5 Å². The maximum Gasteiger partial charge on any atom is 0.191 e. The Bertz CT molecular complexity index is 704. The van der Waals surface area contributed by atoms with Gasteiger partial charge in [0.15, 0.2) is 5.96 Å². The van der Waals surface area contributed by atoms with Gasteiger partial charge in [-0.25, -0.2) is 0 Å². The standard InChI is InChI=1S/C20H27ClN4.HI/c1-22-20(23-12-11-18-9-4-5-10-19(18)21)24-14-16-7-6-8-17(13-16)15-25(2)3;/h4-10,13H,11-12,14-15H2,1-3H3,(H2,22,23,24);1H. The Kier molecular flexibility index (Phi) is 10.6. The summed E-state index contributed by atoms with van der Waals surface area (Å²) in [6.07, 6.45) is 0.860. The molecule has 0 radical (unpaired) electrons. The maximum atomic E-state index is 6.19. The zero-order chi connectivity index (χ0) is 18.1. The summed E-state index contributed by atoms with van der Waals surface area (Å²) in [6, 6.07) is 16.5. The largest absolute Gasteiger partial charge is 0.356 e. The van der Waals surface area contributed by atoms with Crippen LogP contribution < -0.4 is 10.6 Å². The minimum absolute atomic E-state index is 0. The second-order valence-electron chi connectivity index (χ2n) is 6.25. The van der Waals surface area contributed by atoms with Gasteiger partial charge in [-0.2, -0.15) is 0 Å². The van der Waals surface area contributed by atoms with Crippen LogP contribution in [-0.2, 0) is 19.5 Å². The number of nitrogens with zero attached hydrogens (tertiary/aromatic N) is 2. The Morgan fingerprint density at radius 2 is 1.77 bits per heavy atom. The highest BCUT2D eigenvalue weighted by Gasteiger charge is 2.02. The molecule has 0 heterocycles. The van der Waals surface area contributed by atoms with E-state index >= 15 is 0 Å². The van der Waals surface area contributed by atoms with Crippen LogP contribution in [0.3, 0.4) is 0 Å². The number of rotatable bonds is 7. The molecule has 0 aliphatic heterocycles. The maximum absolute atomic E-state index is 6.19. The average molecular weight is 487 g/mol. The van der Waals surface area contributed by atoms with Crippen LogP contribution in [0.5, 0.6) is 0 Å². The summed E-state index contributed by atoms with van der Waals surface area (Å²) in [5.41, 5.74) is 3.70. The van der Waals surface area contributed by atoms with Gasteiger partial charge in [0.1, 0.15) is 0 Å². The fourth-order valence-electron chi connectivity index (χ4n) is 2.63. The lowest BCUT2D eigenvalue weighted by Crippen LogP contribution is -2.37. The minimum atomic E-state index is 0. The minimum Gasteiger partial charge on any atom is -0.356 e. The van der Waals surface area contributed by atoms with Gasteiger partial charge in [-0.3, -0.25) is 4.99 Å². The summed E-state index contributed by atoms with van der Waals surface area (Å²) in [7, 11) is 5.94. The Balaban J connectivity index is 0.00000338. The number of guanidine groups is 1. The molecule has 2 N–H and O–H groups in total. The van der Waals surface area contributed by atoms with Crippen molar-refractivity contribution in [2.75, 3.05) is 27.7 Å². The van der Waals surface area contributed by atoms with Crippen molar-refractivity contribution in [3.05, 3.63) is 70.2 Å². The van der Waals surface area contributed by atoms with Crippen molar-refractivity contribution < 1.29 is 0 Å². The van der Waals surface area contributed by atoms with E-state index < -0.39 is 0 Å². The van der Waals surface area contributed by atoms with Crippen LogP contribution in [0, 0.1) is 0 Å². The van der Waals surface area contributed by atoms with E-state index in [1.165, 1.54) is 11.1 Å². The Labute approximate surface area is 179 Å². The normalized spacial score (nSPS) is 11.2. The molecule has 0 unspecified atom stereocenters. The number of hydrogen-bond donors (Lipinski definition) is 2. The second kappa shape index (κ2) is 12.1. The highest BCUT2D eigenvalue weighted by Crippen LogP contribution is 2.14. The molecular weight excluding hydrogens is 459 g/mol. The molecule has 0 aromatic heterocycles. The first-order valence-electron chi connectivity index (χ1n) is 8.49. The summed E-state index contributed by atoms with van der Waals surface area (Å²) in [5, 5.41) is 7.50. The summed E-state index contributed by atoms with van der Waals surface area (Å²) in [6.45, 7) is 2.47. The molecule has 142 valence electrons. The number of hydrogen-bond acceptors (Lipinski definition) is 2.